The van der Waals surface area contributed by atoms with E-state index in [1.54, 1.807) is 30.5 Å². The molecule has 2 aromatic carbocycles. The standard InChI is InChI=1S/C19H15BrN2O3S/c20-15-7-5-13(6-8-15)9-16-10-21-19(26-16)22-18(24)12-25-17-4-2-1-3-14(17)11-23/h1-8,10-11H,9,12H2,(H,21,22,24). The largest absolute Gasteiger partial charge is 0.483 e. The van der Waals surface area contributed by atoms with Gasteiger partial charge in [0.1, 0.15) is 5.75 Å². The Morgan fingerprint density at radius 1 is 1.19 bits per heavy atom. The fourth-order valence-corrected chi connectivity index (χ4v) is 3.39. The second-order valence-electron chi connectivity index (χ2n) is 5.43. The molecule has 0 aliphatic heterocycles. The zero-order chi connectivity index (χ0) is 18.4. The van der Waals surface area contributed by atoms with Gasteiger partial charge in [0.25, 0.3) is 5.91 Å². The smallest absolute Gasteiger partial charge is 0.264 e. The van der Waals surface area contributed by atoms with Gasteiger partial charge in [-0.05, 0) is 29.8 Å². The van der Waals surface area contributed by atoms with Crippen LogP contribution in [0.5, 0.6) is 5.75 Å². The molecule has 26 heavy (non-hydrogen) atoms. The molecule has 0 saturated carbocycles. The molecule has 0 unspecified atom stereocenters. The van der Waals surface area contributed by atoms with E-state index in [0.717, 1.165) is 15.8 Å². The molecule has 0 spiro atoms. The van der Waals surface area contributed by atoms with E-state index in [-0.39, 0.29) is 12.5 Å². The summed E-state index contributed by atoms with van der Waals surface area (Å²) in [6, 6.07) is 14.8. The van der Waals surface area contributed by atoms with E-state index in [4.69, 9.17) is 4.74 Å². The number of carbonyl (C=O) groups is 2. The number of amides is 1. The quantitative estimate of drug-likeness (QED) is 0.566. The molecule has 0 atom stereocenters. The number of hydrogen-bond donors (Lipinski definition) is 1. The van der Waals surface area contributed by atoms with Crippen LogP contribution in [0, 0.1) is 0 Å². The first-order chi connectivity index (χ1) is 12.6. The van der Waals surface area contributed by atoms with Gasteiger partial charge in [-0.1, -0.05) is 40.2 Å². The van der Waals surface area contributed by atoms with Crippen molar-refractivity contribution in [1.29, 1.82) is 0 Å². The lowest BCUT2D eigenvalue weighted by Gasteiger charge is -2.07. The lowest BCUT2D eigenvalue weighted by atomic mass is 10.1. The maximum atomic E-state index is 12.0. The molecule has 0 bridgehead atoms. The number of anilines is 1. The van der Waals surface area contributed by atoms with Crippen LogP contribution >= 0.6 is 27.3 Å². The van der Waals surface area contributed by atoms with Gasteiger partial charge in [0.05, 0.1) is 5.56 Å². The highest BCUT2D eigenvalue weighted by Crippen LogP contribution is 2.22. The first-order valence-corrected chi connectivity index (χ1v) is 9.41. The SMILES string of the molecule is O=Cc1ccccc1OCC(=O)Nc1ncc(Cc2ccc(Br)cc2)s1. The number of carbonyl (C=O) groups excluding carboxylic acids is 2. The Hall–Kier alpha value is -2.51. The molecule has 1 N–H and O–H groups in total. The minimum absolute atomic E-state index is 0.188. The van der Waals surface area contributed by atoms with Crippen molar-refractivity contribution in [2.24, 2.45) is 0 Å². The summed E-state index contributed by atoms with van der Waals surface area (Å²) < 4.78 is 6.44. The van der Waals surface area contributed by atoms with Gasteiger partial charge in [0, 0.05) is 22.0 Å². The summed E-state index contributed by atoms with van der Waals surface area (Å²) in [5, 5.41) is 3.24. The van der Waals surface area contributed by atoms with Crippen LogP contribution in [0.4, 0.5) is 5.13 Å². The summed E-state index contributed by atoms with van der Waals surface area (Å²) in [6.07, 6.45) is 3.21. The number of nitrogens with zero attached hydrogens (tertiary/aromatic N) is 1. The van der Waals surface area contributed by atoms with Crippen LogP contribution in [0.25, 0.3) is 0 Å². The number of hydrogen-bond acceptors (Lipinski definition) is 5. The highest BCUT2D eigenvalue weighted by Gasteiger charge is 2.09. The van der Waals surface area contributed by atoms with Crippen molar-refractivity contribution in [2.45, 2.75) is 6.42 Å². The molecule has 0 saturated heterocycles. The number of thiazole rings is 1. The summed E-state index contributed by atoms with van der Waals surface area (Å²) >= 11 is 4.84. The van der Waals surface area contributed by atoms with Crippen LogP contribution in [0.1, 0.15) is 20.8 Å². The van der Waals surface area contributed by atoms with Gasteiger partial charge in [0.15, 0.2) is 18.0 Å². The molecule has 5 nitrogen and oxygen atoms in total. The van der Waals surface area contributed by atoms with Gasteiger partial charge in [-0.3, -0.25) is 14.9 Å². The summed E-state index contributed by atoms with van der Waals surface area (Å²) in [7, 11) is 0. The maximum Gasteiger partial charge on any atom is 0.264 e. The Kier molecular flexibility index (Phi) is 6.14. The van der Waals surface area contributed by atoms with Crippen molar-refractivity contribution < 1.29 is 14.3 Å². The minimum atomic E-state index is -0.324. The van der Waals surface area contributed by atoms with Crippen LogP contribution in [0.15, 0.2) is 59.2 Å². The lowest BCUT2D eigenvalue weighted by Crippen LogP contribution is -2.20. The van der Waals surface area contributed by atoms with Crippen molar-refractivity contribution in [3.8, 4) is 5.75 Å². The monoisotopic (exact) mass is 430 g/mol. The third kappa shape index (κ3) is 5.00. The topological polar surface area (TPSA) is 68.3 Å². The molecule has 3 rings (SSSR count). The molecule has 0 radical (unpaired) electrons. The van der Waals surface area contributed by atoms with E-state index in [1.807, 2.05) is 24.3 Å². The first-order valence-electron chi connectivity index (χ1n) is 7.80. The molecule has 132 valence electrons. The second kappa shape index (κ2) is 8.73. The number of rotatable bonds is 7. The molecule has 0 fully saturated rings. The molecule has 1 amide bonds. The number of benzene rings is 2. The Morgan fingerprint density at radius 2 is 1.96 bits per heavy atom. The number of para-hydroxylation sites is 1. The minimum Gasteiger partial charge on any atom is -0.483 e. The molecule has 0 aliphatic rings. The lowest BCUT2D eigenvalue weighted by molar-refractivity contribution is -0.118. The number of halogens is 1. The van der Waals surface area contributed by atoms with Crippen molar-refractivity contribution in [1.82, 2.24) is 4.98 Å². The van der Waals surface area contributed by atoms with E-state index >= 15 is 0 Å². The highest BCUT2D eigenvalue weighted by molar-refractivity contribution is 9.10. The van der Waals surface area contributed by atoms with Gasteiger partial charge >= 0.3 is 0 Å². The predicted molar refractivity (Wildman–Crippen MR) is 105 cm³/mol. The fraction of sp³-hybridized carbons (Fsp3) is 0.105. The normalized spacial score (nSPS) is 10.3. The molecule has 3 aromatic rings. The Bertz CT molecular complexity index is 909. The number of nitrogens with one attached hydrogen (secondary N) is 1. The molecule has 1 aromatic heterocycles. The molecule has 0 aliphatic carbocycles. The van der Waals surface area contributed by atoms with Crippen LogP contribution in [0.3, 0.4) is 0 Å². The Labute approximate surface area is 163 Å². The van der Waals surface area contributed by atoms with Gasteiger partial charge in [-0.2, -0.15) is 0 Å². The molecular weight excluding hydrogens is 416 g/mol. The summed E-state index contributed by atoms with van der Waals surface area (Å²) in [5.74, 6) is 0.0583. The molecule has 7 heteroatoms. The molecular formula is C19H15BrN2O3S. The number of aldehydes is 1. The predicted octanol–water partition coefficient (Wildman–Crippen LogP) is 4.33. The summed E-state index contributed by atoms with van der Waals surface area (Å²) in [4.78, 5) is 28.2. The third-order valence-corrected chi connectivity index (χ3v) is 4.94. The maximum absolute atomic E-state index is 12.0. The van der Waals surface area contributed by atoms with Gasteiger partial charge in [-0.15, -0.1) is 11.3 Å². The zero-order valence-corrected chi connectivity index (χ0v) is 16.0. The fourth-order valence-electron chi connectivity index (χ4n) is 2.26. The van der Waals surface area contributed by atoms with Crippen molar-refractivity contribution in [2.75, 3.05) is 11.9 Å². The van der Waals surface area contributed by atoms with E-state index in [2.05, 4.69) is 26.2 Å². The Morgan fingerprint density at radius 3 is 2.73 bits per heavy atom. The van der Waals surface area contributed by atoms with Crippen LogP contribution in [-0.4, -0.2) is 23.8 Å². The summed E-state index contributed by atoms with van der Waals surface area (Å²) in [6.45, 7) is -0.188. The third-order valence-electron chi connectivity index (χ3n) is 3.50. The van der Waals surface area contributed by atoms with E-state index < -0.39 is 0 Å². The highest BCUT2D eigenvalue weighted by atomic mass is 79.9. The van der Waals surface area contributed by atoms with E-state index in [1.165, 1.54) is 16.9 Å². The van der Waals surface area contributed by atoms with Crippen LogP contribution < -0.4 is 10.1 Å². The summed E-state index contributed by atoms with van der Waals surface area (Å²) in [5.41, 5.74) is 1.58. The van der Waals surface area contributed by atoms with Gasteiger partial charge in [0.2, 0.25) is 0 Å². The van der Waals surface area contributed by atoms with E-state index in [0.29, 0.717) is 22.7 Å². The van der Waals surface area contributed by atoms with Crippen molar-refractivity contribution in [3.63, 3.8) is 0 Å². The second-order valence-corrected chi connectivity index (χ2v) is 7.46. The van der Waals surface area contributed by atoms with Crippen LogP contribution in [-0.2, 0) is 11.2 Å². The Balaban J connectivity index is 1.54. The van der Waals surface area contributed by atoms with Crippen molar-refractivity contribution in [3.05, 3.63) is 75.2 Å². The van der Waals surface area contributed by atoms with E-state index in [9.17, 15) is 9.59 Å². The van der Waals surface area contributed by atoms with Crippen molar-refractivity contribution >= 4 is 44.6 Å². The number of aromatic nitrogens is 1. The average molecular weight is 431 g/mol. The van der Waals surface area contributed by atoms with Crippen LogP contribution in [0.2, 0.25) is 0 Å². The van der Waals surface area contributed by atoms with Gasteiger partial charge in [-0.25, -0.2) is 4.98 Å². The average Bonchev–Trinajstić information content (AvgIpc) is 3.09. The zero-order valence-electron chi connectivity index (χ0n) is 13.6. The number of ether oxygens (including phenoxy) is 1. The van der Waals surface area contributed by atoms with Gasteiger partial charge < -0.3 is 4.74 Å². The first kappa shape index (κ1) is 18.3. The molecule has 1 heterocycles.